The lowest BCUT2D eigenvalue weighted by Gasteiger charge is -2.05. The van der Waals surface area contributed by atoms with Crippen LogP contribution in [0.3, 0.4) is 0 Å². The molecule has 0 aromatic heterocycles. The lowest BCUT2D eigenvalue weighted by atomic mass is 10.1. The third kappa shape index (κ3) is 5.45. The minimum Gasteiger partial charge on any atom is -0.361 e. The van der Waals surface area contributed by atoms with Crippen LogP contribution in [0, 0.1) is 6.92 Å². The van der Waals surface area contributed by atoms with Crippen molar-refractivity contribution in [2.24, 2.45) is 5.10 Å². The van der Waals surface area contributed by atoms with Gasteiger partial charge in [-0.1, -0.05) is 37.6 Å². The Morgan fingerprint density at radius 1 is 1.41 bits per heavy atom. The number of hydrogen-bond acceptors (Lipinski definition) is 2. The Hall–Kier alpha value is -1.42. The van der Waals surface area contributed by atoms with Crippen molar-refractivity contribution in [3.63, 3.8) is 0 Å². The van der Waals surface area contributed by atoms with Gasteiger partial charge in [0.05, 0.1) is 6.21 Å². The molecule has 0 aliphatic heterocycles. The zero-order chi connectivity index (χ0) is 12.5. The van der Waals surface area contributed by atoms with Gasteiger partial charge in [0.2, 0.25) is 0 Å². The molecule has 0 saturated carbocycles. The van der Waals surface area contributed by atoms with Crippen LogP contribution in [0.4, 0.5) is 0 Å². The van der Waals surface area contributed by atoms with E-state index in [4.69, 9.17) is 12.2 Å². The summed E-state index contributed by atoms with van der Waals surface area (Å²) in [6, 6.07) is 8.08. The molecule has 1 rings (SSSR count). The highest BCUT2D eigenvalue weighted by molar-refractivity contribution is 7.80. The van der Waals surface area contributed by atoms with Gasteiger partial charge in [-0.15, -0.1) is 0 Å². The van der Waals surface area contributed by atoms with Crippen LogP contribution < -0.4 is 10.7 Å². The van der Waals surface area contributed by atoms with Crippen LogP contribution in [0.2, 0.25) is 0 Å². The average molecular weight is 249 g/mol. The molecule has 1 aromatic carbocycles. The van der Waals surface area contributed by atoms with E-state index >= 15 is 0 Å². The van der Waals surface area contributed by atoms with Gasteiger partial charge in [0.1, 0.15) is 0 Å². The Balaban J connectivity index is 2.35. The summed E-state index contributed by atoms with van der Waals surface area (Å²) in [5.41, 5.74) is 5.10. The van der Waals surface area contributed by atoms with Gasteiger partial charge in [0, 0.05) is 6.54 Å². The molecule has 17 heavy (non-hydrogen) atoms. The van der Waals surface area contributed by atoms with Crippen molar-refractivity contribution in [2.75, 3.05) is 6.54 Å². The molecule has 0 spiro atoms. The first-order chi connectivity index (χ1) is 8.24. The predicted molar refractivity (Wildman–Crippen MR) is 77.4 cm³/mol. The molecule has 2 N–H and O–H groups in total. The van der Waals surface area contributed by atoms with Gasteiger partial charge in [-0.3, -0.25) is 5.43 Å². The summed E-state index contributed by atoms with van der Waals surface area (Å²) in [6.45, 7) is 5.09. The molecule has 0 radical (unpaired) electrons. The van der Waals surface area contributed by atoms with Gasteiger partial charge in [-0.2, -0.15) is 5.10 Å². The molecule has 0 heterocycles. The lowest BCUT2D eigenvalue weighted by Crippen LogP contribution is -2.32. The van der Waals surface area contributed by atoms with Crippen molar-refractivity contribution in [1.29, 1.82) is 0 Å². The first-order valence-corrected chi connectivity index (χ1v) is 6.27. The van der Waals surface area contributed by atoms with E-state index in [2.05, 4.69) is 35.8 Å². The second-order valence-electron chi connectivity index (χ2n) is 3.84. The van der Waals surface area contributed by atoms with E-state index in [1.165, 1.54) is 5.56 Å². The van der Waals surface area contributed by atoms with Crippen molar-refractivity contribution in [2.45, 2.75) is 26.7 Å². The second kappa shape index (κ2) is 7.79. The van der Waals surface area contributed by atoms with E-state index in [0.29, 0.717) is 5.11 Å². The Labute approximate surface area is 108 Å². The van der Waals surface area contributed by atoms with Gasteiger partial charge < -0.3 is 5.32 Å². The fourth-order valence-electron chi connectivity index (χ4n) is 1.31. The fourth-order valence-corrected chi connectivity index (χ4v) is 1.47. The Morgan fingerprint density at radius 2 is 2.18 bits per heavy atom. The first-order valence-electron chi connectivity index (χ1n) is 5.86. The summed E-state index contributed by atoms with van der Waals surface area (Å²) in [5.74, 6) is 0. The number of aryl methyl sites for hydroxylation is 1. The molecule has 0 unspecified atom stereocenters. The van der Waals surface area contributed by atoms with Crippen LogP contribution in [-0.2, 0) is 0 Å². The molecule has 0 aliphatic rings. The summed E-state index contributed by atoms with van der Waals surface area (Å²) in [7, 11) is 0. The van der Waals surface area contributed by atoms with Crippen LogP contribution in [0.5, 0.6) is 0 Å². The average Bonchev–Trinajstić information content (AvgIpc) is 2.32. The van der Waals surface area contributed by atoms with Gasteiger partial charge >= 0.3 is 0 Å². The number of unbranched alkanes of at least 4 members (excludes halogenated alkanes) is 1. The fraction of sp³-hybridized carbons (Fsp3) is 0.385. The van der Waals surface area contributed by atoms with E-state index in [1.807, 2.05) is 18.2 Å². The van der Waals surface area contributed by atoms with Crippen molar-refractivity contribution < 1.29 is 0 Å². The number of benzene rings is 1. The number of nitrogens with one attached hydrogen (secondary N) is 2. The van der Waals surface area contributed by atoms with Crippen molar-refractivity contribution in [3.05, 3.63) is 35.4 Å². The molecular weight excluding hydrogens is 230 g/mol. The van der Waals surface area contributed by atoms with Crippen LogP contribution >= 0.6 is 12.2 Å². The quantitative estimate of drug-likeness (QED) is 0.364. The standard InChI is InChI=1S/C13H19N3S/c1-3-4-9-14-13(17)16-15-10-12-8-6-5-7-11(12)2/h5-8,10H,3-4,9H2,1-2H3,(H2,14,16,17)/b15-10-. The molecular formula is C13H19N3S. The molecule has 92 valence electrons. The minimum atomic E-state index is 0.572. The summed E-state index contributed by atoms with van der Waals surface area (Å²) >= 11 is 5.08. The number of hydrogen-bond donors (Lipinski definition) is 2. The van der Waals surface area contributed by atoms with E-state index in [1.54, 1.807) is 6.21 Å². The molecule has 0 atom stereocenters. The topological polar surface area (TPSA) is 36.4 Å². The molecule has 0 amide bonds. The van der Waals surface area contributed by atoms with Gasteiger partial charge in [-0.05, 0) is 36.7 Å². The Bertz CT molecular complexity index is 388. The second-order valence-corrected chi connectivity index (χ2v) is 4.24. The van der Waals surface area contributed by atoms with Crippen LogP contribution in [0.1, 0.15) is 30.9 Å². The zero-order valence-electron chi connectivity index (χ0n) is 10.4. The van der Waals surface area contributed by atoms with E-state index in [0.717, 1.165) is 24.9 Å². The predicted octanol–water partition coefficient (Wildman–Crippen LogP) is 2.59. The van der Waals surface area contributed by atoms with Crippen LogP contribution in [-0.4, -0.2) is 17.9 Å². The summed E-state index contributed by atoms with van der Waals surface area (Å²) in [6.07, 6.45) is 4.05. The Morgan fingerprint density at radius 3 is 2.88 bits per heavy atom. The van der Waals surface area contributed by atoms with Gasteiger partial charge in [0.15, 0.2) is 5.11 Å². The van der Waals surface area contributed by atoms with Gasteiger partial charge in [-0.25, -0.2) is 0 Å². The maximum Gasteiger partial charge on any atom is 0.186 e. The maximum atomic E-state index is 5.08. The molecule has 0 bridgehead atoms. The highest BCUT2D eigenvalue weighted by atomic mass is 32.1. The molecule has 0 fully saturated rings. The van der Waals surface area contributed by atoms with E-state index in [-0.39, 0.29) is 0 Å². The third-order valence-electron chi connectivity index (χ3n) is 2.37. The SMILES string of the molecule is CCCCNC(=S)N/N=C\c1ccccc1C. The molecule has 1 aromatic rings. The number of nitrogens with zero attached hydrogens (tertiary/aromatic N) is 1. The largest absolute Gasteiger partial charge is 0.361 e. The summed E-state index contributed by atoms with van der Waals surface area (Å²) < 4.78 is 0. The summed E-state index contributed by atoms with van der Waals surface area (Å²) in [5, 5.41) is 7.77. The lowest BCUT2D eigenvalue weighted by molar-refractivity contribution is 0.745. The van der Waals surface area contributed by atoms with Crippen molar-refractivity contribution in [1.82, 2.24) is 10.7 Å². The van der Waals surface area contributed by atoms with E-state index < -0.39 is 0 Å². The Kier molecular flexibility index (Phi) is 6.25. The van der Waals surface area contributed by atoms with Crippen LogP contribution in [0.15, 0.2) is 29.4 Å². The third-order valence-corrected chi connectivity index (χ3v) is 2.61. The van der Waals surface area contributed by atoms with Crippen LogP contribution in [0.25, 0.3) is 0 Å². The highest BCUT2D eigenvalue weighted by Gasteiger charge is 1.93. The molecule has 3 nitrogen and oxygen atoms in total. The van der Waals surface area contributed by atoms with E-state index in [9.17, 15) is 0 Å². The van der Waals surface area contributed by atoms with Gasteiger partial charge in [0.25, 0.3) is 0 Å². The maximum absolute atomic E-state index is 5.08. The number of thiocarbonyl (C=S) groups is 1. The zero-order valence-corrected chi connectivity index (χ0v) is 11.2. The summed E-state index contributed by atoms with van der Waals surface area (Å²) in [4.78, 5) is 0. The molecule has 4 heteroatoms. The number of hydrazone groups is 1. The van der Waals surface area contributed by atoms with Crippen molar-refractivity contribution in [3.8, 4) is 0 Å². The smallest absolute Gasteiger partial charge is 0.186 e. The number of rotatable bonds is 5. The minimum absolute atomic E-state index is 0.572. The normalized spacial score (nSPS) is 10.5. The van der Waals surface area contributed by atoms with Crippen molar-refractivity contribution >= 4 is 23.5 Å². The monoisotopic (exact) mass is 249 g/mol. The highest BCUT2D eigenvalue weighted by Crippen LogP contribution is 2.02. The molecule has 0 saturated heterocycles. The molecule has 0 aliphatic carbocycles. The first kappa shape index (κ1) is 13.6.